The first-order valence-corrected chi connectivity index (χ1v) is 9.89. The van der Waals surface area contributed by atoms with Gasteiger partial charge in [0.2, 0.25) is 0 Å². The Bertz CT molecular complexity index is 946. The maximum absolute atomic E-state index is 12.0. The topological polar surface area (TPSA) is 79.4 Å². The summed E-state index contributed by atoms with van der Waals surface area (Å²) in [5.74, 6) is -0.563. The van der Waals surface area contributed by atoms with Crippen molar-refractivity contribution in [1.29, 1.82) is 0 Å². The van der Waals surface area contributed by atoms with Crippen LogP contribution in [0, 0.1) is 5.92 Å². The lowest BCUT2D eigenvalue weighted by Crippen LogP contribution is -2.09. The molecule has 1 aromatic carbocycles. The minimum Gasteiger partial charge on any atom is -0.481 e. The number of aromatic nitrogens is 1. The average Bonchev–Trinajstić information content (AvgIpc) is 3.16. The fraction of sp³-hybridized carbons (Fsp3) is 0.333. The average molecular weight is 422 g/mol. The molecule has 0 radical (unpaired) electrons. The van der Waals surface area contributed by atoms with Gasteiger partial charge in [-0.25, -0.2) is 0 Å². The number of hydrogen-bond acceptors (Lipinski definition) is 3. The molecule has 1 saturated heterocycles. The molecule has 7 heteroatoms. The Morgan fingerprint density at radius 1 is 1.25 bits per heavy atom. The molecule has 0 aliphatic carbocycles. The van der Waals surface area contributed by atoms with Gasteiger partial charge in [0, 0.05) is 35.2 Å². The van der Waals surface area contributed by atoms with Gasteiger partial charge in [-0.1, -0.05) is 41.4 Å². The molecule has 1 unspecified atom stereocenters. The number of carbonyl (C=O) groups is 1. The van der Waals surface area contributed by atoms with Crippen molar-refractivity contribution in [2.45, 2.75) is 25.7 Å². The van der Waals surface area contributed by atoms with E-state index in [0.717, 1.165) is 29.7 Å². The number of benzene rings is 1. The van der Waals surface area contributed by atoms with E-state index in [1.165, 1.54) is 0 Å². The van der Waals surface area contributed by atoms with Crippen molar-refractivity contribution in [2.75, 3.05) is 13.2 Å². The van der Waals surface area contributed by atoms with Crippen molar-refractivity contribution in [3.05, 3.63) is 73.6 Å². The highest BCUT2D eigenvalue weighted by molar-refractivity contribution is 6.31. The van der Waals surface area contributed by atoms with Crippen LogP contribution in [0.25, 0.3) is 5.57 Å². The highest BCUT2D eigenvalue weighted by Crippen LogP contribution is 2.30. The predicted octanol–water partition coefficient (Wildman–Crippen LogP) is 4.56. The van der Waals surface area contributed by atoms with Crippen LogP contribution in [-0.2, 0) is 16.0 Å². The first-order chi connectivity index (χ1) is 13.4. The summed E-state index contributed by atoms with van der Waals surface area (Å²) in [5.41, 5.74) is 2.96. The van der Waals surface area contributed by atoms with Crippen LogP contribution in [-0.4, -0.2) is 29.3 Å². The van der Waals surface area contributed by atoms with Crippen molar-refractivity contribution in [1.82, 2.24) is 4.98 Å². The Kier molecular flexibility index (Phi) is 6.94. The summed E-state index contributed by atoms with van der Waals surface area (Å²) in [6.07, 6.45) is 4.25. The maximum atomic E-state index is 12.0. The minimum absolute atomic E-state index is 0.108. The Morgan fingerprint density at radius 2 is 2.07 bits per heavy atom. The van der Waals surface area contributed by atoms with Crippen LogP contribution in [0.3, 0.4) is 0 Å². The second kappa shape index (κ2) is 9.41. The molecule has 5 nitrogen and oxygen atoms in total. The SMILES string of the molecule is O=C(O)CCCc1ccc(/C(=C\C2CCOC2)c2ccc(Cl)c(=O)[nH]2)cc1Cl. The van der Waals surface area contributed by atoms with E-state index >= 15 is 0 Å². The summed E-state index contributed by atoms with van der Waals surface area (Å²) < 4.78 is 5.47. The summed E-state index contributed by atoms with van der Waals surface area (Å²) in [6.45, 7) is 1.36. The number of halogens is 2. The van der Waals surface area contributed by atoms with Crippen LogP contribution in [0.5, 0.6) is 0 Å². The van der Waals surface area contributed by atoms with Gasteiger partial charge in [0.1, 0.15) is 5.02 Å². The zero-order valence-electron chi connectivity index (χ0n) is 15.2. The number of rotatable bonds is 7. The Balaban J connectivity index is 1.93. The van der Waals surface area contributed by atoms with E-state index in [-0.39, 0.29) is 22.9 Å². The van der Waals surface area contributed by atoms with Gasteiger partial charge >= 0.3 is 5.97 Å². The van der Waals surface area contributed by atoms with E-state index in [1.807, 2.05) is 18.2 Å². The molecule has 148 valence electrons. The summed E-state index contributed by atoms with van der Waals surface area (Å²) in [5, 5.41) is 9.51. The molecule has 0 bridgehead atoms. The third kappa shape index (κ3) is 5.25. The summed E-state index contributed by atoms with van der Waals surface area (Å²) >= 11 is 12.3. The van der Waals surface area contributed by atoms with Crippen molar-refractivity contribution in [3.63, 3.8) is 0 Å². The van der Waals surface area contributed by atoms with E-state index in [1.54, 1.807) is 12.1 Å². The van der Waals surface area contributed by atoms with Gasteiger partial charge in [0.05, 0.1) is 6.61 Å². The molecule has 2 heterocycles. The van der Waals surface area contributed by atoms with E-state index in [2.05, 4.69) is 11.1 Å². The van der Waals surface area contributed by atoms with E-state index in [0.29, 0.717) is 30.2 Å². The molecule has 2 aromatic rings. The van der Waals surface area contributed by atoms with Crippen LogP contribution < -0.4 is 5.56 Å². The first kappa shape index (κ1) is 20.6. The Labute approximate surface area is 172 Å². The second-order valence-electron chi connectivity index (χ2n) is 6.81. The van der Waals surface area contributed by atoms with Gasteiger partial charge in [0.15, 0.2) is 0 Å². The molecule has 1 fully saturated rings. The molecule has 2 N–H and O–H groups in total. The number of aryl methyl sites for hydroxylation is 1. The van der Waals surface area contributed by atoms with Crippen molar-refractivity contribution < 1.29 is 14.6 Å². The van der Waals surface area contributed by atoms with Crippen molar-refractivity contribution in [2.24, 2.45) is 5.92 Å². The molecule has 3 rings (SSSR count). The molecular weight excluding hydrogens is 401 g/mol. The summed E-state index contributed by atoms with van der Waals surface area (Å²) in [4.78, 5) is 25.5. The number of nitrogens with one attached hydrogen (secondary N) is 1. The van der Waals surface area contributed by atoms with Gasteiger partial charge in [-0.15, -0.1) is 0 Å². The number of aliphatic carboxylic acids is 1. The Hall–Kier alpha value is -2.08. The number of aromatic amines is 1. The molecule has 0 saturated carbocycles. The Morgan fingerprint density at radius 3 is 2.71 bits per heavy atom. The standard InChI is InChI=1S/C21H21Cl2NO4/c22-17-6-7-19(24-21(17)27)16(10-13-8-9-28-12-13)15-5-4-14(18(23)11-15)2-1-3-20(25)26/h4-7,10-11,13H,1-3,8-9,12H2,(H,24,27)(H,25,26)/b16-10+. The highest BCUT2D eigenvalue weighted by Gasteiger charge is 2.17. The lowest BCUT2D eigenvalue weighted by Gasteiger charge is -2.13. The fourth-order valence-electron chi connectivity index (χ4n) is 3.22. The number of hydrogen-bond donors (Lipinski definition) is 2. The summed E-state index contributed by atoms with van der Waals surface area (Å²) in [7, 11) is 0. The van der Waals surface area contributed by atoms with E-state index in [9.17, 15) is 9.59 Å². The molecule has 1 atom stereocenters. The molecule has 1 aromatic heterocycles. The van der Waals surface area contributed by atoms with E-state index in [4.69, 9.17) is 33.0 Å². The van der Waals surface area contributed by atoms with Gasteiger partial charge in [-0.05, 0) is 48.6 Å². The lowest BCUT2D eigenvalue weighted by atomic mass is 9.95. The van der Waals surface area contributed by atoms with Gasteiger partial charge < -0.3 is 14.8 Å². The number of ether oxygens (including phenoxy) is 1. The third-order valence-corrected chi connectivity index (χ3v) is 5.37. The predicted molar refractivity (Wildman–Crippen MR) is 110 cm³/mol. The first-order valence-electron chi connectivity index (χ1n) is 9.13. The smallest absolute Gasteiger partial charge is 0.303 e. The van der Waals surface area contributed by atoms with Crippen LogP contribution >= 0.6 is 23.2 Å². The van der Waals surface area contributed by atoms with Crippen LogP contribution in [0.1, 0.15) is 36.1 Å². The van der Waals surface area contributed by atoms with E-state index < -0.39 is 5.97 Å². The normalized spacial score (nSPS) is 17.1. The number of pyridine rings is 1. The number of carboxylic acid groups (broad SMARTS) is 1. The minimum atomic E-state index is -0.816. The second-order valence-corrected chi connectivity index (χ2v) is 7.62. The van der Waals surface area contributed by atoms with Crippen molar-refractivity contribution in [3.8, 4) is 0 Å². The zero-order chi connectivity index (χ0) is 20.1. The zero-order valence-corrected chi connectivity index (χ0v) is 16.7. The monoisotopic (exact) mass is 421 g/mol. The maximum Gasteiger partial charge on any atom is 0.303 e. The highest BCUT2D eigenvalue weighted by atomic mass is 35.5. The molecular formula is C21H21Cl2NO4. The molecule has 0 spiro atoms. The van der Waals surface area contributed by atoms with Gasteiger partial charge in [0.25, 0.3) is 5.56 Å². The van der Waals surface area contributed by atoms with Crippen LogP contribution in [0.4, 0.5) is 0 Å². The number of carboxylic acids is 1. The van der Waals surface area contributed by atoms with Crippen molar-refractivity contribution >= 4 is 34.7 Å². The van der Waals surface area contributed by atoms with Crippen LogP contribution in [0.15, 0.2) is 41.2 Å². The largest absolute Gasteiger partial charge is 0.481 e. The molecule has 28 heavy (non-hydrogen) atoms. The van der Waals surface area contributed by atoms with Gasteiger partial charge in [-0.2, -0.15) is 0 Å². The lowest BCUT2D eigenvalue weighted by molar-refractivity contribution is -0.137. The molecule has 0 amide bonds. The fourth-order valence-corrected chi connectivity index (χ4v) is 3.61. The van der Waals surface area contributed by atoms with Gasteiger partial charge in [-0.3, -0.25) is 9.59 Å². The third-order valence-electron chi connectivity index (χ3n) is 4.72. The van der Waals surface area contributed by atoms with Crippen LogP contribution in [0.2, 0.25) is 10.0 Å². The number of H-pyrrole nitrogens is 1. The summed E-state index contributed by atoms with van der Waals surface area (Å²) in [6, 6.07) is 9.06. The molecule has 1 aliphatic rings. The quantitative estimate of drug-likeness (QED) is 0.686. The molecule has 1 aliphatic heterocycles.